The van der Waals surface area contributed by atoms with E-state index in [-0.39, 0.29) is 27.5 Å². The van der Waals surface area contributed by atoms with Gasteiger partial charge in [-0.25, -0.2) is 4.57 Å². The molecule has 1 aromatic heterocycles. The second-order valence-corrected chi connectivity index (χ2v) is 4.35. The summed E-state index contributed by atoms with van der Waals surface area (Å²) in [5, 5.41) is 20.0. The summed E-state index contributed by atoms with van der Waals surface area (Å²) in [6.45, 7) is 0. The van der Waals surface area contributed by atoms with Gasteiger partial charge in [0.15, 0.2) is 11.8 Å². The zero-order valence-electron chi connectivity index (χ0n) is 7.78. The summed E-state index contributed by atoms with van der Waals surface area (Å²) in [6.07, 6.45) is 0. The van der Waals surface area contributed by atoms with Gasteiger partial charge in [0.05, 0.1) is 15.7 Å². The summed E-state index contributed by atoms with van der Waals surface area (Å²) in [5.74, 6) is -0.327. The van der Waals surface area contributed by atoms with Crippen molar-refractivity contribution in [2.75, 3.05) is 0 Å². The third-order valence-corrected chi connectivity index (χ3v) is 2.84. The first kappa shape index (κ1) is 11.5. The fourth-order valence-corrected chi connectivity index (χ4v) is 2.38. The first-order valence-corrected chi connectivity index (χ1v) is 5.38. The predicted molar refractivity (Wildman–Crippen MR) is 64.1 cm³/mol. The maximum Gasteiger partial charge on any atom is 0.198 e. The minimum atomic E-state index is -0.163. The topological polar surface area (TPSA) is 45.4 Å². The number of hydrogen-bond donors (Lipinski definition) is 2. The number of aromatic nitrogens is 1. The second-order valence-electron chi connectivity index (χ2n) is 3.10. The minimum Gasteiger partial charge on any atom is -0.494 e. The number of benzene rings is 1. The molecule has 0 fully saturated rings. The Morgan fingerprint density at radius 2 is 1.31 bits per heavy atom. The van der Waals surface area contributed by atoms with Crippen molar-refractivity contribution in [2.45, 2.75) is 0 Å². The highest BCUT2D eigenvalue weighted by Gasteiger charge is 2.15. The van der Waals surface area contributed by atoms with Crippen molar-refractivity contribution < 1.29 is 10.2 Å². The van der Waals surface area contributed by atoms with Crippen molar-refractivity contribution in [3.8, 4) is 17.4 Å². The van der Waals surface area contributed by atoms with Crippen molar-refractivity contribution in [3.63, 3.8) is 0 Å². The molecule has 0 aliphatic heterocycles. The van der Waals surface area contributed by atoms with Crippen molar-refractivity contribution in [1.82, 2.24) is 4.57 Å². The number of aromatic hydroxyl groups is 2. The molecule has 1 heterocycles. The molecule has 2 aromatic rings. The van der Waals surface area contributed by atoms with Gasteiger partial charge in [0.1, 0.15) is 0 Å². The molecule has 1 aromatic carbocycles. The standard InChI is InChI=1S/C10H6Cl3NO2/c11-5-3-6(12)10(7(13)4-5)14-8(15)1-2-9(14)16/h1-4,15-16H. The van der Waals surface area contributed by atoms with Gasteiger partial charge < -0.3 is 10.2 Å². The van der Waals surface area contributed by atoms with E-state index in [2.05, 4.69) is 0 Å². The molecule has 0 unspecified atom stereocenters. The van der Waals surface area contributed by atoms with Crippen LogP contribution in [0.3, 0.4) is 0 Å². The van der Waals surface area contributed by atoms with Gasteiger partial charge in [0.25, 0.3) is 0 Å². The molecule has 2 N–H and O–H groups in total. The van der Waals surface area contributed by atoms with Gasteiger partial charge in [-0.05, 0) is 12.1 Å². The van der Waals surface area contributed by atoms with Crippen LogP contribution in [0, 0.1) is 0 Å². The van der Waals surface area contributed by atoms with E-state index in [1.165, 1.54) is 24.3 Å². The molecule has 2 rings (SSSR count). The summed E-state index contributed by atoms with van der Waals surface area (Å²) in [4.78, 5) is 0. The molecule has 6 heteroatoms. The summed E-state index contributed by atoms with van der Waals surface area (Å²) in [5.41, 5.74) is 0.285. The van der Waals surface area contributed by atoms with Gasteiger partial charge in [-0.3, -0.25) is 0 Å². The van der Waals surface area contributed by atoms with E-state index in [1.807, 2.05) is 0 Å². The van der Waals surface area contributed by atoms with E-state index in [9.17, 15) is 10.2 Å². The average molecular weight is 279 g/mol. The summed E-state index contributed by atoms with van der Waals surface area (Å²) < 4.78 is 1.13. The number of hydrogen-bond acceptors (Lipinski definition) is 2. The predicted octanol–water partition coefficient (Wildman–Crippen LogP) is 3.85. The third kappa shape index (κ3) is 1.82. The molecule has 0 aliphatic rings. The van der Waals surface area contributed by atoms with Gasteiger partial charge in [0, 0.05) is 17.2 Å². The van der Waals surface area contributed by atoms with Crippen LogP contribution in [0.5, 0.6) is 11.8 Å². The highest BCUT2D eigenvalue weighted by molar-refractivity contribution is 6.40. The lowest BCUT2D eigenvalue weighted by atomic mass is 10.3. The Labute approximate surface area is 106 Å². The molecule has 0 radical (unpaired) electrons. The third-order valence-electron chi connectivity index (χ3n) is 2.04. The Bertz CT molecular complexity index is 508. The fraction of sp³-hybridized carbons (Fsp3) is 0. The van der Waals surface area contributed by atoms with Gasteiger partial charge in [-0.2, -0.15) is 0 Å². The van der Waals surface area contributed by atoms with E-state index >= 15 is 0 Å². The van der Waals surface area contributed by atoms with E-state index in [0.717, 1.165) is 4.57 Å². The first-order valence-electron chi connectivity index (χ1n) is 4.25. The van der Waals surface area contributed by atoms with Gasteiger partial charge >= 0.3 is 0 Å². The maximum absolute atomic E-state index is 9.56. The molecule has 0 amide bonds. The number of rotatable bonds is 1. The lowest BCUT2D eigenvalue weighted by Crippen LogP contribution is -1.95. The van der Waals surface area contributed by atoms with Crippen LogP contribution in [0.25, 0.3) is 5.69 Å². The van der Waals surface area contributed by atoms with E-state index in [1.54, 1.807) is 0 Å². The fourth-order valence-electron chi connectivity index (χ4n) is 1.39. The van der Waals surface area contributed by atoms with Crippen LogP contribution < -0.4 is 0 Å². The molecule has 0 saturated carbocycles. The van der Waals surface area contributed by atoms with E-state index in [4.69, 9.17) is 34.8 Å². The Morgan fingerprint density at radius 3 is 1.75 bits per heavy atom. The zero-order valence-corrected chi connectivity index (χ0v) is 10.1. The Morgan fingerprint density at radius 1 is 0.875 bits per heavy atom. The molecule has 16 heavy (non-hydrogen) atoms. The van der Waals surface area contributed by atoms with Crippen LogP contribution in [0.4, 0.5) is 0 Å². The largest absolute Gasteiger partial charge is 0.494 e. The molecule has 0 spiro atoms. The van der Waals surface area contributed by atoms with Crippen LogP contribution in [-0.2, 0) is 0 Å². The van der Waals surface area contributed by atoms with Gasteiger partial charge in [-0.15, -0.1) is 0 Å². The quantitative estimate of drug-likeness (QED) is 0.832. The number of halogens is 3. The summed E-state index contributed by atoms with van der Waals surface area (Å²) in [6, 6.07) is 5.61. The van der Waals surface area contributed by atoms with E-state index < -0.39 is 0 Å². The molecule has 84 valence electrons. The normalized spacial score (nSPS) is 10.7. The van der Waals surface area contributed by atoms with Crippen LogP contribution in [-0.4, -0.2) is 14.8 Å². The SMILES string of the molecule is Oc1ccc(O)n1-c1c(Cl)cc(Cl)cc1Cl. The van der Waals surface area contributed by atoms with Gasteiger partial charge in [0.2, 0.25) is 0 Å². The molecule has 0 saturated heterocycles. The van der Waals surface area contributed by atoms with Crippen molar-refractivity contribution >= 4 is 34.8 Å². The minimum absolute atomic E-state index is 0.163. The first-order chi connectivity index (χ1) is 7.50. The Balaban J connectivity index is 2.74. The molecule has 0 atom stereocenters. The summed E-state index contributed by atoms with van der Waals surface area (Å²) in [7, 11) is 0. The monoisotopic (exact) mass is 277 g/mol. The molecule has 0 bridgehead atoms. The Hall–Kier alpha value is -1.03. The van der Waals surface area contributed by atoms with Crippen LogP contribution in [0.15, 0.2) is 24.3 Å². The number of nitrogens with zero attached hydrogens (tertiary/aromatic N) is 1. The van der Waals surface area contributed by atoms with Crippen LogP contribution in [0.2, 0.25) is 15.1 Å². The molecular formula is C10H6Cl3NO2. The second kappa shape index (κ2) is 4.09. The Kier molecular flexibility index (Phi) is 2.93. The van der Waals surface area contributed by atoms with Crippen molar-refractivity contribution in [2.24, 2.45) is 0 Å². The highest BCUT2D eigenvalue weighted by atomic mass is 35.5. The van der Waals surface area contributed by atoms with Crippen molar-refractivity contribution in [1.29, 1.82) is 0 Å². The smallest absolute Gasteiger partial charge is 0.198 e. The summed E-state index contributed by atoms with van der Waals surface area (Å²) >= 11 is 17.7. The van der Waals surface area contributed by atoms with Crippen molar-refractivity contribution in [3.05, 3.63) is 39.3 Å². The maximum atomic E-state index is 9.56. The molecule has 3 nitrogen and oxygen atoms in total. The molecular weight excluding hydrogens is 272 g/mol. The zero-order chi connectivity index (χ0) is 11.9. The molecule has 0 aliphatic carbocycles. The van der Waals surface area contributed by atoms with Gasteiger partial charge in [-0.1, -0.05) is 34.8 Å². The van der Waals surface area contributed by atoms with E-state index in [0.29, 0.717) is 5.02 Å². The average Bonchev–Trinajstić information content (AvgIpc) is 2.47. The van der Waals surface area contributed by atoms with Crippen LogP contribution >= 0.6 is 34.8 Å². The lowest BCUT2D eigenvalue weighted by molar-refractivity contribution is 0.402. The van der Waals surface area contributed by atoms with Crippen LogP contribution in [0.1, 0.15) is 0 Å². The highest BCUT2D eigenvalue weighted by Crippen LogP contribution is 2.37. The lowest BCUT2D eigenvalue weighted by Gasteiger charge is -2.11.